The summed E-state index contributed by atoms with van der Waals surface area (Å²) in [5, 5.41) is 12.0. The molecule has 2 fully saturated rings. The van der Waals surface area contributed by atoms with Gasteiger partial charge < -0.3 is 15.3 Å². The lowest BCUT2D eigenvalue weighted by Gasteiger charge is -2.27. The second-order valence-corrected chi connectivity index (χ2v) is 5.75. The van der Waals surface area contributed by atoms with Gasteiger partial charge in [-0.25, -0.2) is 9.59 Å². The van der Waals surface area contributed by atoms with Gasteiger partial charge in [-0.2, -0.15) is 11.8 Å². The molecule has 2 aliphatic heterocycles. The molecule has 0 spiro atoms. The van der Waals surface area contributed by atoms with Gasteiger partial charge in [0.25, 0.3) is 0 Å². The predicted molar refractivity (Wildman–Crippen MR) is 66.2 cm³/mol. The van der Waals surface area contributed by atoms with Gasteiger partial charge in [-0.05, 0) is 37.2 Å². The first-order valence-corrected chi connectivity index (χ1v) is 7.21. The molecule has 5 nitrogen and oxygen atoms in total. The maximum absolute atomic E-state index is 12.0. The van der Waals surface area contributed by atoms with Crippen molar-refractivity contribution in [2.45, 2.75) is 37.8 Å². The summed E-state index contributed by atoms with van der Waals surface area (Å²) in [6.07, 6.45) is 3.33. The molecule has 0 aromatic carbocycles. The molecule has 2 N–H and O–H groups in total. The van der Waals surface area contributed by atoms with Crippen LogP contribution in [0.1, 0.15) is 25.7 Å². The van der Waals surface area contributed by atoms with Crippen molar-refractivity contribution in [3.63, 3.8) is 0 Å². The normalized spacial score (nSPS) is 25.9. The molecule has 0 saturated carbocycles. The van der Waals surface area contributed by atoms with E-state index in [1.807, 2.05) is 11.8 Å². The Morgan fingerprint density at radius 3 is 2.59 bits per heavy atom. The molecule has 0 bridgehead atoms. The van der Waals surface area contributed by atoms with E-state index in [1.165, 1.54) is 4.90 Å². The quantitative estimate of drug-likeness (QED) is 0.779. The van der Waals surface area contributed by atoms with Gasteiger partial charge in [0.2, 0.25) is 0 Å². The van der Waals surface area contributed by atoms with Crippen LogP contribution in [-0.4, -0.2) is 52.1 Å². The summed E-state index contributed by atoms with van der Waals surface area (Å²) in [6, 6.07) is -0.612. The van der Waals surface area contributed by atoms with Crippen LogP contribution in [0.3, 0.4) is 0 Å². The molecule has 2 amide bonds. The number of thioether (sulfide) groups is 1. The molecule has 96 valence electrons. The van der Waals surface area contributed by atoms with Crippen LogP contribution >= 0.6 is 11.8 Å². The maximum Gasteiger partial charge on any atom is 0.326 e. The summed E-state index contributed by atoms with van der Waals surface area (Å²) < 4.78 is 0. The number of nitrogens with zero attached hydrogens (tertiary/aromatic N) is 1. The van der Waals surface area contributed by atoms with Gasteiger partial charge in [-0.15, -0.1) is 0 Å². The van der Waals surface area contributed by atoms with Gasteiger partial charge in [0.1, 0.15) is 6.04 Å². The monoisotopic (exact) mass is 258 g/mol. The van der Waals surface area contributed by atoms with E-state index in [-0.39, 0.29) is 12.1 Å². The van der Waals surface area contributed by atoms with Gasteiger partial charge in [0, 0.05) is 12.6 Å². The first-order valence-electron chi connectivity index (χ1n) is 6.06. The van der Waals surface area contributed by atoms with Gasteiger partial charge in [0.05, 0.1) is 0 Å². The number of hydrogen-bond acceptors (Lipinski definition) is 3. The average Bonchev–Trinajstić information content (AvgIpc) is 2.79. The Bertz CT molecular complexity index is 305. The molecule has 0 aliphatic carbocycles. The second kappa shape index (κ2) is 5.62. The fourth-order valence-corrected chi connectivity index (χ4v) is 3.47. The van der Waals surface area contributed by atoms with E-state index in [9.17, 15) is 9.59 Å². The Morgan fingerprint density at radius 1 is 1.24 bits per heavy atom. The smallest absolute Gasteiger partial charge is 0.326 e. The Balaban J connectivity index is 1.88. The minimum absolute atomic E-state index is 0.202. The Kier molecular flexibility index (Phi) is 4.15. The number of carboxylic acids is 1. The number of nitrogens with one attached hydrogen (secondary N) is 1. The van der Waals surface area contributed by atoms with Gasteiger partial charge in [0.15, 0.2) is 0 Å². The van der Waals surface area contributed by atoms with E-state index in [0.717, 1.165) is 30.8 Å². The zero-order chi connectivity index (χ0) is 12.3. The zero-order valence-electron chi connectivity index (χ0n) is 9.72. The molecule has 6 heteroatoms. The van der Waals surface area contributed by atoms with Gasteiger partial charge in [-0.1, -0.05) is 0 Å². The van der Waals surface area contributed by atoms with Crippen molar-refractivity contribution in [3.05, 3.63) is 0 Å². The number of carboxylic acid groups (broad SMARTS) is 1. The Morgan fingerprint density at radius 2 is 1.94 bits per heavy atom. The number of hydrogen-bond donors (Lipinski definition) is 2. The SMILES string of the molecule is O=C(O)[C@@H]1CCCN1C(=O)NC1CCSCC1. The highest BCUT2D eigenvalue weighted by Gasteiger charge is 2.34. The van der Waals surface area contributed by atoms with Crippen LogP contribution < -0.4 is 5.32 Å². The van der Waals surface area contributed by atoms with Crippen LogP contribution in [0.25, 0.3) is 0 Å². The summed E-state index contributed by atoms with van der Waals surface area (Å²) in [7, 11) is 0. The first kappa shape index (κ1) is 12.5. The molecule has 1 atom stereocenters. The lowest BCUT2D eigenvalue weighted by Crippen LogP contribution is -2.49. The van der Waals surface area contributed by atoms with E-state index in [1.54, 1.807) is 0 Å². The van der Waals surface area contributed by atoms with Crippen LogP contribution in [0.15, 0.2) is 0 Å². The number of carbonyl (C=O) groups is 2. The lowest BCUT2D eigenvalue weighted by molar-refractivity contribution is -0.141. The zero-order valence-corrected chi connectivity index (χ0v) is 10.5. The molecule has 2 aliphatic rings. The third-order valence-corrected chi connectivity index (χ3v) is 4.40. The van der Waals surface area contributed by atoms with E-state index in [4.69, 9.17) is 5.11 Å². The van der Waals surface area contributed by atoms with Crippen LogP contribution in [0.4, 0.5) is 4.79 Å². The van der Waals surface area contributed by atoms with Crippen molar-refractivity contribution in [3.8, 4) is 0 Å². The molecular formula is C11H18N2O3S. The topological polar surface area (TPSA) is 69.6 Å². The largest absolute Gasteiger partial charge is 0.480 e. The van der Waals surface area contributed by atoms with Crippen molar-refractivity contribution >= 4 is 23.8 Å². The highest BCUT2D eigenvalue weighted by Crippen LogP contribution is 2.20. The highest BCUT2D eigenvalue weighted by atomic mass is 32.2. The van der Waals surface area contributed by atoms with E-state index < -0.39 is 12.0 Å². The van der Waals surface area contributed by atoms with Crippen LogP contribution in [0.2, 0.25) is 0 Å². The van der Waals surface area contributed by atoms with Crippen LogP contribution in [0.5, 0.6) is 0 Å². The fourth-order valence-electron chi connectivity index (χ4n) is 2.37. The Labute approximate surface area is 105 Å². The maximum atomic E-state index is 12.0. The summed E-state index contributed by atoms with van der Waals surface area (Å²) in [5.41, 5.74) is 0. The summed E-state index contributed by atoms with van der Waals surface area (Å²) >= 11 is 1.90. The number of aliphatic carboxylic acids is 1. The molecule has 2 rings (SSSR count). The molecule has 0 aromatic rings. The molecule has 2 heterocycles. The molecule has 0 aromatic heterocycles. The summed E-state index contributed by atoms with van der Waals surface area (Å²) in [4.78, 5) is 24.4. The highest BCUT2D eigenvalue weighted by molar-refractivity contribution is 7.99. The van der Waals surface area contributed by atoms with Crippen LogP contribution in [-0.2, 0) is 4.79 Å². The fraction of sp³-hybridized carbons (Fsp3) is 0.818. The molecule has 17 heavy (non-hydrogen) atoms. The minimum atomic E-state index is -0.892. The van der Waals surface area contributed by atoms with Crippen LogP contribution in [0, 0.1) is 0 Å². The van der Waals surface area contributed by atoms with Gasteiger partial charge in [-0.3, -0.25) is 0 Å². The predicted octanol–water partition coefficient (Wildman–Crippen LogP) is 1.14. The van der Waals surface area contributed by atoms with Crippen molar-refractivity contribution in [1.82, 2.24) is 10.2 Å². The standard InChI is InChI=1S/C11H18N2O3S/c14-10(15)9-2-1-5-13(9)11(16)12-8-3-6-17-7-4-8/h8-9H,1-7H2,(H,12,16)(H,14,15)/t9-/m0/s1. The number of urea groups is 1. The number of amides is 2. The number of carbonyl (C=O) groups excluding carboxylic acids is 1. The molecule has 0 radical (unpaired) electrons. The molecular weight excluding hydrogens is 240 g/mol. The average molecular weight is 258 g/mol. The van der Waals surface area contributed by atoms with E-state index >= 15 is 0 Å². The molecule has 2 saturated heterocycles. The molecule has 0 unspecified atom stereocenters. The van der Waals surface area contributed by atoms with Crippen molar-refractivity contribution in [2.24, 2.45) is 0 Å². The number of likely N-dealkylation sites (tertiary alicyclic amines) is 1. The minimum Gasteiger partial charge on any atom is -0.480 e. The number of rotatable bonds is 2. The summed E-state index contributed by atoms with van der Waals surface area (Å²) in [6.45, 7) is 0.560. The third kappa shape index (κ3) is 3.06. The first-order chi connectivity index (χ1) is 8.18. The summed E-state index contributed by atoms with van der Waals surface area (Å²) in [5.74, 6) is 1.26. The van der Waals surface area contributed by atoms with Crippen molar-refractivity contribution < 1.29 is 14.7 Å². The Hall–Kier alpha value is -0.910. The van der Waals surface area contributed by atoms with E-state index in [2.05, 4.69) is 5.32 Å². The van der Waals surface area contributed by atoms with E-state index in [0.29, 0.717) is 13.0 Å². The second-order valence-electron chi connectivity index (χ2n) is 4.53. The van der Waals surface area contributed by atoms with Crippen molar-refractivity contribution in [1.29, 1.82) is 0 Å². The lowest BCUT2D eigenvalue weighted by atomic mass is 10.1. The third-order valence-electron chi connectivity index (χ3n) is 3.35. The van der Waals surface area contributed by atoms with Crippen molar-refractivity contribution in [2.75, 3.05) is 18.1 Å². The van der Waals surface area contributed by atoms with Gasteiger partial charge >= 0.3 is 12.0 Å².